The van der Waals surface area contributed by atoms with E-state index in [0.717, 1.165) is 13.1 Å². The number of hydrogen-bond acceptors (Lipinski definition) is 10. The molecule has 2 aromatic heterocycles. The molecule has 3 rings (SSSR count). The van der Waals surface area contributed by atoms with Gasteiger partial charge in [-0.15, -0.1) is 5.10 Å². The van der Waals surface area contributed by atoms with Crippen molar-refractivity contribution in [1.29, 1.82) is 0 Å². The Hall–Kier alpha value is -2.99. The molecule has 26 heavy (non-hydrogen) atoms. The first-order valence-electron chi connectivity index (χ1n) is 8.17. The zero-order chi connectivity index (χ0) is 18.5. The van der Waals surface area contributed by atoms with Gasteiger partial charge in [-0.3, -0.25) is 15.1 Å². The Morgan fingerprint density at radius 3 is 2.73 bits per heavy atom. The number of amides is 1. The molecule has 140 valence electrons. The molecule has 1 aliphatic rings. The average Bonchev–Trinajstić information content (AvgIpc) is 3.26. The highest BCUT2D eigenvalue weighted by Gasteiger charge is 2.26. The molecule has 12 heteroatoms. The number of nitrogens with two attached hydrogens (primary N) is 1. The number of ether oxygens (including phenoxy) is 1. The highest BCUT2D eigenvalue weighted by atomic mass is 16.6. The monoisotopic (exact) mass is 363 g/mol. The second-order valence-electron chi connectivity index (χ2n) is 5.69. The number of hydrogen-bond donors (Lipinski definition) is 3. The summed E-state index contributed by atoms with van der Waals surface area (Å²) in [7, 11) is 0. The molecule has 0 aliphatic carbocycles. The first kappa shape index (κ1) is 17.8. The lowest BCUT2D eigenvalue weighted by Gasteiger charge is -2.26. The van der Waals surface area contributed by atoms with Crippen LogP contribution in [0.4, 0.5) is 5.82 Å². The molecular weight excluding hydrogens is 342 g/mol. The standard InChI is InChI=1S/C14H21N9O3/c1-3-9(2)16-18-14(24)11-10(8-22-4-6-25-7-5-22)23(21-17-11)13-12(15)19-26-20-13/h16H,2-8H2,1H3,(H2,15,19)(H,18,24). The summed E-state index contributed by atoms with van der Waals surface area (Å²) in [6, 6.07) is 0. The van der Waals surface area contributed by atoms with Crippen LogP contribution in [0.2, 0.25) is 0 Å². The van der Waals surface area contributed by atoms with Gasteiger partial charge in [0.25, 0.3) is 5.91 Å². The summed E-state index contributed by atoms with van der Waals surface area (Å²) in [6.07, 6.45) is 0.675. The quantitative estimate of drug-likeness (QED) is 0.535. The molecule has 0 atom stereocenters. The molecule has 1 saturated heterocycles. The van der Waals surface area contributed by atoms with Crippen molar-refractivity contribution in [1.82, 2.24) is 41.1 Å². The van der Waals surface area contributed by atoms with Crippen molar-refractivity contribution in [3.05, 3.63) is 23.7 Å². The van der Waals surface area contributed by atoms with Gasteiger partial charge >= 0.3 is 0 Å². The SMILES string of the molecule is C=C(CC)NNC(=O)c1nnn(-c2nonc2N)c1CN1CCOCC1. The van der Waals surface area contributed by atoms with E-state index < -0.39 is 5.91 Å². The predicted octanol–water partition coefficient (Wildman–Crippen LogP) is -0.777. The summed E-state index contributed by atoms with van der Waals surface area (Å²) >= 11 is 0. The fourth-order valence-corrected chi connectivity index (χ4v) is 2.39. The van der Waals surface area contributed by atoms with Crippen molar-refractivity contribution in [3.63, 3.8) is 0 Å². The van der Waals surface area contributed by atoms with Crippen molar-refractivity contribution in [2.45, 2.75) is 19.9 Å². The molecule has 1 fully saturated rings. The van der Waals surface area contributed by atoms with Crippen LogP contribution in [0.25, 0.3) is 5.82 Å². The summed E-state index contributed by atoms with van der Waals surface area (Å²) in [4.78, 5) is 14.7. The van der Waals surface area contributed by atoms with E-state index in [4.69, 9.17) is 10.5 Å². The lowest BCUT2D eigenvalue weighted by Crippen LogP contribution is -2.39. The molecule has 3 heterocycles. The van der Waals surface area contributed by atoms with E-state index >= 15 is 0 Å². The summed E-state index contributed by atoms with van der Waals surface area (Å²) in [5.74, 6) is -0.197. The maximum atomic E-state index is 12.5. The number of nitrogens with zero attached hydrogens (tertiary/aromatic N) is 6. The van der Waals surface area contributed by atoms with E-state index in [1.165, 1.54) is 4.68 Å². The van der Waals surface area contributed by atoms with Crippen LogP contribution < -0.4 is 16.6 Å². The van der Waals surface area contributed by atoms with E-state index in [9.17, 15) is 4.79 Å². The van der Waals surface area contributed by atoms with E-state index in [2.05, 4.69) is 47.6 Å². The fraction of sp³-hybridized carbons (Fsp3) is 0.500. The molecule has 2 aromatic rings. The molecule has 1 amide bonds. The third-order valence-electron chi connectivity index (χ3n) is 3.93. The average molecular weight is 363 g/mol. The van der Waals surface area contributed by atoms with Gasteiger partial charge in [0.15, 0.2) is 5.69 Å². The Morgan fingerprint density at radius 2 is 2.08 bits per heavy atom. The van der Waals surface area contributed by atoms with E-state index in [1.54, 1.807) is 0 Å². The summed E-state index contributed by atoms with van der Waals surface area (Å²) in [6.45, 7) is 8.80. The van der Waals surface area contributed by atoms with Gasteiger partial charge in [0, 0.05) is 25.3 Å². The van der Waals surface area contributed by atoms with Crippen molar-refractivity contribution < 1.29 is 14.2 Å². The molecule has 0 unspecified atom stereocenters. The van der Waals surface area contributed by atoms with Gasteiger partial charge in [-0.25, -0.2) is 4.63 Å². The van der Waals surface area contributed by atoms with Crippen molar-refractivity contribution >= 4 is 11.7 Å². The number of nitrogen functional groups attached to an aromatic ring is 1. The van der Waals surface area contributed by atoms with Gasteiger partial charge in [0.05, 0.1) is 18.9 Å². The number of hydrazine groups is 1. The number of nitrogens with one attached hydrogen (secondary N) is 2. The molecular formula is C14H21N9O3. The Balaban J connectivity index is 1.88. The maximum Gasteiger partial charge on any atom is 0.292 e. The topological polar surface area (TPSA) is 149 Å². The molecule has 0 radical (unpaired) electrons. The fourth-order valence-electron chi connectivity index (χ4n) is 2.39. The largest absolute Gasteiger partial charge is 0.379 e. The number of anilines is 1. The Labute approximate surface area is 149 Å². The highest BCUT2D eigenvalue weighted by Crippen LogP contribution is 2.18. The van der Waals surface area contributed by atoms with Crippen LogP contribution in [0.3, 0.4) is 0 Å². The summed E-state index contributed by atoms with van der Waals surface area (Å²) < 4.78 is 11.4. The Bertz CT molecular complexity index is 778. The van der Waals surface area contributed by atoms with Crippen molar-refractivity contribution in [3.8, 4) is 5.82 Å². The number of carbonyl (C=O) groups is 1. The number of carbonyl (C=O) groups excluding carboxylic acids is 1. The van der Waals surface area contributed by atoms with Gasteiger partial charge < -0.3 is 15.9 Å². The van der Waals surface area contributed by atoms with Crippen LogP contribution in [0.15, 0.2) is 16.9 Å². The van der Waals surface area contributed by atoms with E-state index in [1.807, 2.05) is 6.92 Å². The Kier molecular flexibility index (Phi) is 5.43. The van der Waals surface area contributed by atoms with Gasteiger partial charge in [-0.1, -0.05) is 18.7 Å². The molecule has 0 aromatic carbocycles. The molecule has 4 N–H and O–H groups in total. The Morgan fingerprint density at radius 1 is 1.31 bits per heavy atom. The van der Waals surface area contributed by atoms with Crippen molar-refractivity contribution in [2.75, 3.05) is 32.0 Å². The zero-order valence-electron chi connectivity index (χ0n) is 14.4. The lowest BCUT2D eigenvalue weighted by atomic mass is 10.2. The minimum absolute atomic E-state index is 0.0579. The second kappa shape index (κ2) is 7.93. The van der Waals surface area contributed by atoms with Gasteiger partial charge in [-0.2, -0.15) is 4.68 Å². The molecule has 0 saturated carbocycles. The van der Waals surface area contributed by atoms with Crippen LogP contribution >= 0.6 is 0 Å². The number of rotatable bonds is 7. The minimum atomic E-state index is -0.441. The van der Waals surface area contributed by atoms with Crippen molar-refractivity contribution in [2.24, 2.45) is 0 Å². The number of aromatic nitrogens is 5. The second-order valence-corrected chi connectivity index (χ2v) is 5.69. The van der Waals surface area contributed by atoms with Crippen LogP contribution in [-0.2, 0) is 11.3 Å². The molecule has 12 nitrogen and oxygen atoms in total. The predicted molar refractivity (Wildman–Crippen MR) is 89.8 cm³/mol. The third-order valence-corrected chi connectivity index (χ3v) is 3.93. The van der Waals surface area contributed by atoms with Crippen LogP contribution in [0.5, 0.6) is 0 Å². The van der Waals surface area contributed by atoms with Crippen LogP contribution in [0.1, 0.15) is 29.5 Å². The van der Waals surface area contributed by atoms with Gasteiger partial charge in [0.1, 0.15) is 0 Å². The van der Waals surface area contributed by atoms with E-state index in [-0.39, 0.29) is 17.3 Å². The van der Waals surface area contributed by atoms with Crippen LogP contribution in [0, 0.1) is 0 Å². The molecule has 0 spiro atoms. The number of allylic oxidation sites excluding steroid dienone is 1. The highest BCUT2D eigenvalue weighted by molar-refractivity contribution is 5.93. The summed E-state index contributed by atoms with van der Waals surface area (Å²) in [5, 5.41) is 15.3. The molecule has 1 aliphatic heterocycles. The van der Waals surface area contributed by atoms with Gasteiger partial charge in [0.2, 0.25) is 11.6 Å². The minimum Gasteiger partial charge on any atom is -0.379 e. The lowest BCUT2D eigenvalue weighted by molar-refractivity contribution is 0.0332. The van der Waals surface area contributed by atoms with E-state index in [0.29, 0.717) is 37.6 Å². The first-order chi connectivity index (χ1) is 12.6. The normalized spacial score (nSPS) is 15.0. The number of morpholine rings is 1. The third kappa shape index (κ3) is 3.81. The summed E-state index contributed by atoms with van der Waals surface area (Å²) in [5.41, 5.74) is 12.4. The molecule has 0 bridgehead atoms. The van der Waals surface area contributed by atoms with Gasteiger partial charge in [-0.05, 0) is 16.7 Å². The zero-order valence-corrected chi connectivity index (χ0v) is 14.4. The maximum absolute atomic E-state index is 12.5. The van der Waals surface area contributed by atoms with Crippen LogP contribution in [-0.4, -0.2) is 62.4 Å². The smallest absolute Gasteiger partial charge is 0.292 e. The first-order valence-corrected chi connectivity index (χ1v) is 8.17.